The number of hydrogen-bond donors (Lipinski definition) is 0. The van der Waals surface area contributed by atoms with E-state index in [2.05, 4.69) is 53.7 Å². The van der Waals surface area contributed by atoms with E-state index in [-0.39, 0.29) is 36.1 Å². The van der Waals surface area contributed by atoms with Gasteiger partial charge in [0.25, 0.3) is 0 Å². The molecule has 3 nitrogen and oxygen atoms in total. The van der Waals surface area contributed by atoms with Gasteiger partial charge in [-0.25, -0.2) is 0 Å². The van der Waals surface area contributed by atoms with Crippen molar-refractivity contribution >= 4 is 11.8 Å². The maximum Gasteiger partial charge on any atom is 0.313 e. The van der Waals surface area contributed by atoms with Crippen molar-refractivity contribution in [3.05, 3.63) is 106 Å². The van der Waals surface area contributed by atoms with E-state index in [0.29, 0.717) is 11.5 Å². The monoisotopic (exact) mass is 470 g/mol. The van der Waals surface area contributed by atoms with E-state index in [4.69, 9.17) is 4.74 Å². The zero-order valence-corrected chi connectivity index (χ0v) is 22.1. The van der Waals surface area contributed by atoms with Crippen LogP contribution in [0.1, 0.15) is 116 Å². The Morgan fingerprint density at radius 2 is 1.23 bits per heavy atom. The Labute approximate surface area is 210 Å². The second kappa shape index (κ2) is 11.5. The molecule has 0 spiro atoms. The number of benzene rings is 3. The summed E-state index contributed by atoms with van der Waals surface area (Å²) >= 11 is 0. The van der Waals surface area contributed by atoms with Crippen molar-refractivity contribution in [2.24, 2.45) is 0 Å². The Morgan fingerprint density at radius 3 is 1.71 bits per heavy atom. The molecule has 0 aliphatic rings. The van der Waals surface area contributed by atoms with Crippen LogP contribution in [0.25, 0.3) is 0 Å². The first-order valence-electron chi connectivity index (χ1n) is 12.6. The first kappa shape index (κ1) is 26.4. The number of ether oxygens (including phenoxy) is 1. The van der Waals surface area contributed by atoms with Gasteiger partial charge in [0.05, 0.1) is 5.92 Å². The summed E-state index contributed by atoms with van der Waals surface area (Å²) in [7, 11) is 0. The molecule has 3 aromatic rings. The Hall–Kier alpha value is -3.20. The van der Waals surface area contributed by atoms with Gasteiger partial charge in [-0.05, 0) is 52.5 Å². The fraction of sp³-hybridized carbons (Fsp3) is 0.375. The number of ketones is 1. The van der Waals surface area contributed by atoms with Gasteiger partial charge in [0, 0.05) is 11.1 Å². The minimum atomic E-state index is -0.324. The van der Waals surface area contributed by atoms with Gasteiger partial charge in [-0.3, -0.25) is 9.59 Å². The van der Waals surface area contributed by atoms with Crippen LogP contribution in [-0.2, 0) is 16.1 Å². The molecule has 0 aliphatic carbocycles. The maximum atomic E-state index is 13.7. The molecule has 0 radical (unpaired) electrons. The van der Waals surface area contributed by atoms with Crippen molar-refractivity contribution in [3.63, 3.8) is 0 Å². The molecular weight excluding hydrogens is 432 g/mol. The van der Waals surface area contributed by atoms with Crippen LogP contribution in [0.2, 0.25) is 0 Å². The van der Waals surface area contributed by atoms with Crippen molar-refractivity contribution in [3.8, 4) is 0 Å². The lowest BCUT2D eigenvalue weighted by Gasteiger charge is -2.22. The van der Waals surface area contributed by atoms with E-state index in [9.17, 15) is 9.59 Å². The van der Waals surface area contributed by atoms with Gasteiger partial charge < -0.3 is 4.74 Å². The molecule has 0 aromatic heterocycles. The Morgan fingerprint density at radius 1 is 0.686 bits per heavy atom. The Balaban J connectivity index is 1.81. The highest BCUT2D eigenvalue weighted by Crippen LogP contribution is 2.33. The first-order valence-corrected chi connectivity index (χ1v) is 12.6. The lowest BCUT2D eigenvalue weighted by Crippen LogP contribution is -2.14. The number of carbonyl (C=O) groups excluding carboxylic acids is 2. The van der Waals surface area contributed by atoms with E-state index in [1.165, 1.54) is 5.56 Å². The average molecular weight is 471 g/mol. The van der Waals surface area contributed by atoms with Gasteiger partial charge in [-0.1, -0.05) is 108 Å². The van der Waals surface area contributed by atoms with Crippen LogP contribution < -0.4 is 0 Å². The fourth-order valence-electron chi connectivity index (χ4n) is 4.27. The summed E-state index contributed by atoms with van der Waals surface area (Å²) in [6.45, 7) is 15.0. The van der Waals surface area contributed by atoms with E-state index >= 15 is 0 Å². The summed E-state index contributed by atoms with van der Waals surface area (Å²) in [6.07, 6.45) is 0. The molecule has 0 saturated heterocycles. The molecule has 0 saturated carbocycles. The zero-order chi connectivity index (χ0) is 25.7. The minimum Gasteiger partial charge on any atom is -0.460 e. The Kier molecular flexibility index (Phi) is 8.67. The molecule has 0 bridgehead atoms. The van der Waals surface area contributed by atoms with E-state index < -0.39 is 0 Å². The van der Waals surface area contributed by atoms with Crippen molar-refractivity contribution in [2.45, 2.75) is 78.7 Å². The standard InChI is InChI=1S/C32H38O3/c1-20(2)27-17-28(21(3)4)30(29(18-27)22(5)6)31(33)26-15-13-24(14-16-26)19-35-32(34)23(7)25-11-9-8-10-12-25/h8-18,20-23H,19H2,1-7H3/t23-/m1/s1. The number of rotatable bonds is 9. The van der Waals surface area contributed by atoms with Gasteiger partial charge in [0.1, 0.15) is 6.61 Å². The number of carbonyl (C=O) groups is 2. The highest BCUT2D eigenvalue weighted by molar-refractivity contribution is 6.11. The molecule has 1 atom stereocenters. The van der Waals surface area contributed by atoms with Gasteiger partial charge in [0.15, 0.2) is 5.78 Å². The molecule has 0 amide bonds. The van der Waals surface area contributed by atoms with Gasteiger partial charge in [0.2, 0.25) is 0 Å². The average Bonchev–Trinajstić information content (AvgIpc) is 2.86. The quantitative estimate of drug-likeness (QED) is 0.234. The van der Waals surface area contributed by atoms with E-state index in [0.717, 1.165) is 27.8 Å². The Bertz CT molecular complexity index is 1130. The number of hydrogen-bond acceptors (Lipinski definition) is 3. The molecule has 35 heavy (non-hydrogen) atoms. The predicted molar refractivity (Wildman–Crippen MR) is 143 cm³/mol. The molecular formula is C32H38O3. The summed E-state index contributed by atoms with van der Waals surface area (Å²) in [5, 5.41) is 0. The van der Waals surface area contributed by atoms with Crippen molar-refractivity contribution in [1.29, 1.82) is 0 Å². The molecule has 0 heterocycles. The molecule has 0 fully saturated rings. The third-order valence-electron chi connectivity index (χ3n) is 6.61. The topological polar surface area (TPSA) is 43.4 Å². The van der Waals surface area contributed by atoms with Crippen LogP contribution in [0.5, 0.6) is 0 Å². The normalized spacial score (nSPS) is 12.3. The number of esters is 1. The molecule has 3 rings (SSSR count). The van der Waals surface area contributed by atoms with E-state index in [1.54, 1.807) is 0 Å². The highest BCUT2D eigenvalue weighted by Gasteiger charge is 2.23. The molecule has 0 aliphatic heterocycles. The third kappa shape index (κ3) is 6.28. The van der Waals surface area contributed by atoms with Crippen molar-refractivity contribution in [2.75, 3.05) is 0 Å². The van der Waals surface area contributed by atoms with Crippen LogP contribution in [-0.4, -0.2) is 11.8 Å². The predicted octanol–water partition coefficient (Wildman–Crippen LogP) is 8.13. The smallest absolute Gasteiger partial charge is 0.313 e. The molecule has 3 aromatic carbocycles. The molecule has 0 N–H and O–H groups in total. The highest BCUT2D eigenvalue weighted by atomic mass is 16.5. The summed E-state index contributed by atoms with van der Waals surface area (Å²) in [6, 6.07) is 21.5. The largest absolute Gasteiger partial charge is 0.460 e. The van der Waals surface area contributed by atoms with Crippen molar-refractivity contribution in [1.82, 2.24) is 0 Å². The minimum absolute atomic E-state index is 0.0500. The van der Waals surface area contributed by atoms with Crippen molar-refractivity contribution < 1.29 is 14.3 Å². The van der Waals surface area contributed by atoms with E-state index in [1.807, 2.05) is 61.5 Å². The third-order valence-corrected chi connectivity index (χ3v) is 6.61. The lowest BCUT2D eigenvalue weighted by atomic mass is 9.81. The maximum absolute atomic E-state index is 13.7. The summed E-state index contributed by atoms with van der Waals surface area (Å²) in [4.78, 5) is 26.2. The van der Waals surface area contributed by atoms with Crippen LogP contribution in [0.15, 0.2) is 66.7 Å². The second-order valence-corrected chi connectivity index (χ2v) is 10.3. The summed E-state index contributed by atoms with van der Waals surface area (Å²) in [5.41, 5.74) is 6.77. The van der Waals surface area contributed by atoms with Crippen LogP contribution in [0.3, 0.4) is 0 Å². The van der Waals surface area contributed by atoms with Gasteiger partial charge in [-0.15, -0.1) is 0 Å². The second-order valence-electron chi connectivity index (χ2n) is 10.3. The SMILES string of the molecule is CC(C)c1cc(C(C)C)c(C(=O)c2ccc(COC(=O)[C@H](C)c3ccccc3)cc2)c(C(C)C)c1. The van der Waals surface area contributed by atoms with Crippen LogP contribution >= 0.6 is 0 Å². The summed E-state index contributed by atoms with van der Waals surface area (Å²) in [5.74, 6) is 0.361. The molecule has 3 heteroatoms. The van der Waals surface area contributed by atoms with Gasteiger partial charge in [-0.2, -0.15) is 0 Å². The molecule has 0 unspecified atom stereocenters. The zero-order valence-electron chi connectivity index (χ0n) is 22.1. The van der Waals surface area contributed by atoms with Crippen LogP contribution in [0, 0.1) is 0 Å². The van der Waals surface area contributed by atoms with Gasteiger partial charge >= 0.3 is 5.97 Å². The molecule has 184 valence electrons. The fourth-order valence-corrected chi connectivity index (χ4v) is 4.27. The first-order chi connectivity index (χ1) is 16.6. The summed E-state index contributed by atoms with van der Waals surface area (Å²) < 4.78 is 5.54. The lowest BCUT2D eigenvalue weighted by molar-refractivity contribution is -0.146. The van der Waals surface area contributed by atoms with Crippen LogP contribution in [0.4, 0.5) is 0 Å².